The van der Waals surface area contributed by atoms with Gasteiger partial charge in [-0.05, 0) is 49.2 Å². The number of rotatable bonds is 4. The first kappa shape index (κ1) is 17.9. The van der Waals surface area contributed by atoms with E-state index in [1.165, 1.54) is 7.11 Å². The fourth-order valence-electron chi connectivity index (χ4n) is 3.20. The van der Waals surface area contributed by atoms with Crippen molar-refractivity contribution in [2.45, 2.75) is 20.0 Å². The first-order valence-corrected chi connectivity index (χ1v) is 8.84. The Morgan fingerprint density at radius 1 is 1.07 bits per heavy atom. The van der Waals surface area contributed by atoms with Crippen LogP contribution in [0.2, 0.25) is 0 Å². The molecule has 28 heavy (non-hydrogen) atoms. The van der Waals surface area contributed by atoms with E-state index in [1.807, 2.05) is 56.3 Å². The Kier molecular flexibility index (Phi) is 4.39. The van der Waals surface area contributed by atoms with Crippen LogP contribution in [0, 0.1) is 13.8 Å². The topological polar surface area (TPSA) is 77.8 Å². The molecule has 1 aromatic heterocycles. The van der Waals surface area contributed by atoms with Gasteiger partial charge in [0.05, 0.1) is 7.11 Å². The quantitative estimate of drug-likeness (QED) is 0.687. The minimum atomic E-state index is -0.971. The molecule has 2 aromatic carbocycles. The molecular formula is C22H19NO5. The summed E-state index contributed by atoms with van der Waals surface area (Å²) in [7, 11) is 1.27. The standard InChI is InChI=1S/C22H19NO5/c1-12-8-9-15(10-13(12)2)23-19-18(21(24)26-3)20(28-22(19)25)17-11-14-6-4-5-7-16(14)27-17/h4-11,20,23H,1-3H3. The van der Waals surface area contributed by atoms with Crippen LogP contribution >= 0.6 is 0 Å². The minimum Gasteiger partial charge on any atom is -0.465 e. The molecule has 1 atom stereocenters. The number of aryl methyl sites for hydroxylation is 2. The predicted octanol–water partition coefficient (Wildman–Crippen LogP) is 4.19. The molecule has 4 rings (SSSR count). The Hall–Kier alpha value is -3.54. The molecule has 0 radical (unpaired) electrons. The third kappa shape index (κ3) is 3.03. The molecule has 142 valence electrons. The molecule has 0 saturated carbocycles. The number of nitrogens with one attached hydrogen (secondary N) is 1. The van der Waals surface area contributed by atoms with Crippen LogP contribution in [0.4, 0.5) is 5.69 Å². The average molecular weight is 377 g/mol. The van der Waals surface area contributed by atoms with E-state index in [0.29, 0.717) is 17.0 Å². The molecule has 2 heterocycles. The maximum absolute atomic E-state index is 12.6. The number of benzene rings is 2. The summed E-state index contributed by atoms with van der Waals surface area (Å²) in [5, 5.41) is 3.88. The summed E-state index contributed by atoms with van der Waals surface area (Å²) in [5.74, 6) is -0.918. The van der Waals surface area contributed by atoms with Gasteiger partial charge in [0.15, 0.2) is 11.9 Å². The number of carbonyl (C=O) groups is 2. The van der Waals surface area contributed by atoms with Crippen molar-refractivity contribution in [2.24, 2.45) is 0 Å². The van der Waals surface area contributed by atoms with Crippen molar-refractivity contribution < 1.29 is 23.5 Å². The molecule has 0 aliphatic carbocycles. The fourth-order valence-corrected chi connectivity index (χ4v) is 3.20. The second-order valence-corrected chi connectivity index (χ2v) is 6.68. The summed E-state index contributed by atoms with van der Waals surface area (Å²) in [4.78, 5) is 25.1. The highest BCUT2D eigenvalue weighted by molar-refractivity contribution is 6.06. The van der Waals surface area contributed by atoms with Gasteiger partial charge in [-0.2, -0.15) is 0 Å². The van der Waals surface area contributed by atoms with Gasteiger partial charge in [0, 0.05) is 11.1 Å². The third-order valence-corrected chi connectivity index (χ3v) is 4.85. The van der Waals surface area contributed by atoms with Crippen molar-refractivity contribution >= 4 is 28.6 Å². The van der Waals surface area contributed by atoms with E-state index in [4.69, 9.17) is 13.9 Å². The van der Waals surface area contributed by atoms with Crippen molar-refractivity contribution in [3.05, 3.63) is 76.7 Å². The molecule has 0 bridgehead atoms. The van der Waals surface area contributed by atoms with Crippen molar-refractivity contribution in [3.63, 3.8) is 0 Å². The largest absolute Gasteiger partial charge is 0.465 e. The molecule has 1 aliphatic heterocycles. The molecule has 6 nitrogen and oxygen atoms in total. The first-order valence-electron chi connectivity index (χ1n) is 8.84. The molecule has 1 N–H and O–H groups in total. The van der Waals surface area contributed by atoms with Crippen LogP contribution in [0.1, 0.15) is 23.0 Å². The van der Waals surface area contributed by atoms with Crippen LogP contribution in [-0.4, -0.2) is 19.0 Å². The van der Waals surface area contributed by atoms with Gasteiger partial charge in [0.1, 0.15) is 16.9 Å². The van der Waals surface area contributed by atoms with Crippen LogP contribution < -0.4 is 5.32 Å². The van der Waals surface area contributed by atoms with Crippen molar-refractivity contribution in [3.8, 4) is 0 Å². The third-order valence-electron chi connectivity index (χ3n) is 4.85. The predicted molar refractivity (Wildman–Crippen MR) is 104 cm³/mol. The number of cyclic esters (lactones) is 1. The Morgan fingerprint density at radius 3 is 2.57 bits per heavy atom. The van der Waals surface area contributed by atoms with Gasteiger partial charge in [-0.25, -0.2) is 9.59 Å². The first-order chi connectivity index (χ1) is 13.5. The molecular weight excluding hydrogens is 358 g/mol. The number of methoxy groups -OCH3 is 1. The molecule has 0 saturated heterocycles. The second-order valence-electron chi connectivity index (χ2n) is 6.68. The van der Waals surface area contributed by atoms with Gasteiger partial charge in [-0.15, -0.1) is 0 Å². The minimum absolute atomic E-state index is 0.0561. The Bertz CT molecular complexity index is 1090. The molecule has 1 unspecified atom stereocenters. The van der Waals surface area contributed by atoms with Crippen molar-refractivity contribution in [2.75, 3.05) is 12.4 Å². The van der Waals surface area contributed by atoms with Crippen LogP contribution in [0.5, 0.6) is 0 Å². The van der Waals surface area contributed by atoms with E-state index in [-0.39, 0.29) is 11.3 Å². The van der Waals surface area contributed by atoms with Crippen LogP contribution in [-0.2, 0) is 19.1 Å². The number of ether oxygens (including phenoxy) is 2. The highest BCUT2D eigenvalue weighted by Crippen LogP contribution is 2.38. The van der Waals surface area contributed by atoms with E-state index in [9.17, 15) is 9.59 Å². The van der Waals surface area contributed by atoms with Gasteiger partial charge in [-0.1, -0.05) is 24.3 Å². The Labute approximate surface area is 161 Å². The summed E-state index contributed by atoms with van der Waals surface area (Å²) in [6.45, 7) is 3.97. The number of anilines is 1. The molecule has 0 spiro atoms. The summed E-state index contributed by atoms with van der Waals surface area (Å²) in [6.07, 6.45) is -0.971. The number of furan rings is 1. The van der Waals surface area contributed by atoms with E-state index < -0.39 is 18.0 Å². The highest BCUT2D eigenvalue weighted by atomic mass is 16.6. The number of hydrogen-bond donors (Lipinski definition) is 1. The smallest absolute Gasteiger partial charge is 0.356 e. The van der Waals surface area contributed by atoms with E-state index >= 15 is 0 Å². The Morgan fingerprint density at radius 2 is 1.86 bits per heavy atom. The monoisotopic (exact) mass is 377 g/mol. The second kappa shape index (κ2) is 6.88. The lowest BCUT2D eigenvalue weighted by atomic mass is 10.1. The van der Waals surface area contributed by atoms with Gasteiger partial charge in [0.2, 0.25) is 0 Å². The lowest BCUT2D eigenvalue weighted by Gasteiger charge is -2.10. The molecule has 3 aromatic rings. The summed E-state index contributed by atoms with van der Waals surface area (Å²) in [6, 6.07) is 14.9. The molecule has 0 amide bonds. The van der Waals surface area contributed by atoms with Gasteiger partial charge < -0.3 is 19.2 Å². The lowest BCUT2D eigenvalue weighted by Crippen LogP contribution is -2.14. The average Bonchev–Trinajstić information content (AvgIpc) is 3.25. The normalized spacial score (nSPS) is 16.4. The number of para-hydroxylation sites is 1. The van der Waals surface area contributed by atoms with Crippen LogP contribution in [0.3, 0.4) is 0 Å². The number of fused-ring (bicyclic) bond motifs is 1. The molecule has 0 fully saturated rings. The maximum atomic E-state index is 12.6. The zero-order valence-corrected chi connectivity index (χ0v) is 15.7. The van der Waals surface area contributed by atoms with Crippen LogP contribution in [0.25, 0.3) is 11.0 Å². The lowest BCUT2D eigenvalue weighted by molar-refractivity contribution is -0.142. The SMILES string of the molecule is COC(=O)C1=C(Nc2ccc(C)c(C)c2)C(=O)OC1c1cc2ccccc2o1. The van der Waals surface area contributed by atoms with Crippen molar-refractivity contribution in [1.82, 2.24) is 0 Å². The van der Waals surface area contributed by atoms with Crippen LogP contribution in [0.15, 0.2) is 64.2 Å². The summed E-state index contributed by atoms with van der Waals surface area (Å²) in [5.41, 5.74) is 3.66. The number of hydrogen-bond acceptors (Lipinski definition) is 6. The Balaban J connectivity index is 1.78. The summed E-state index contributed by atoms with van der Waals surface area (Å²) >= 11 is 0. The zero-order chi connectivity index (χ0) is 19.8. The number of esters is 2. The van der Waals surface area contributed by atoms with E-state index in [1.54, 1.807) is 6.07 Å². The van der Waals surface area contributed by atoms with Gasteiger partial charge >= 0.3 is 11.9 Å². The van der Waals surface area contributed by atoms with Crippen molar-refractivity contribution in [1.29, 1.82) is 0 Å². The summed E-state index contributed by atoms with van der Waals surface area (Å²) < 4.78 is 16.2. The zero-order valence-electron chi connectivity index (χ0n) is 15.7. The fraction of sp³-hybridized carbons (Fsp3) is 0.182. The maximum Gasteiger partial charge on any atom is 0.356 e. The number of carbonyl (C=O) groups excluding carboxylic acids is 2. The highest BCUT2D eigenvalue weighted by Gasteiger charge is 2.42. The van der Waals surface area contributed by atoms with Gasteiger partial charge in [0.25, 0.3) is 0 Å². The van der Waals surface area contributed by atoms with E-state index in [0.717, 1.165) is 16.5 Å². The molecule has 6 heteroatoms. The van der Waals surface area contributed by atoms with Gasteiger partial charge in [-0.3, -0.25) is 0 Å². The molecule has 1 aliphatic rings. The van der Waals surface area contributed by atoms with E-state index in [2.05, 4.69) is 5.32 Å².